The van der Waals surface area contributed by atoms with Crippen molar-refractivity contribution in [1.29, 1.82) is 0 Å². The zero-order valence-electron chi connectivity index (χ0n) is 9.67. The highest BCUT2D eigenvalue weighted by Crippen LogP contribution is 2.31. The molecule has 4 N–H and O–H groups in total. The molecule has 0 saturated carbocycles. The topological polar surface area (TPSA) is 63.0 Å². The maximum Gasteiger partial charge on any atom is 0.141 e. The number of benzene rings is 1. The van der Waals surface area contributed by atoms with Crippen molar-refractivity contribution in [2.75, 3.05) is 10.7 Å². The van der Waals surface area contributed by atoms with Gasteiger partial charge in [-0.15, -0.1) is 0 Å². The van der Waals surface area contributed by atoms with Gasteiger partial charge in [0.1, 0.15) is 5.82 Å². The summed E-state index contributed by atoms with van der Waals surface area (Å²) in [4.78, 5) is 4.04. The number of rotatable bonds is 3. The third kappa shape index (κ3) is 2.93. The Morgan fingerprint density at radius 1 is 1.33 bits per heavy atom. The van der Waals surface area contributed by atoms with Gasteiger partial charge in [-0.25, -0.2) is 10.8 Å². The average molecular weight is 328 g/mol. The highest BCUT2D eigenvalue weighted by Gasteiger charge is 2.05. The number of nitrogens with zero attached hydrogens (tertiary/aromatic N) is 1. The van der Waals surface area contributed by atoms with Gasteiger partial charge in [0, 0.05) is 27.4 Å². The highest BCUT2D eigenvalue weighted by molar-refractivity contribution is 9.10. The van der Waals surface area contributed by atoms with Gasteiger partial charge in [0.25, 0.3) is 0 Å². The molecule has 1 aromatic carbocycles. The van der Waals surface area contributed by atoms with Crippen LogP contribution in [0.1, 0.15) is 5.56 Å². The summed E-state index contributed by atoms with van der Waals surface area (Å²) in [5.41, 5.74) is 5.28. The molecule has 0 saturated heterocycles. The summed E-state index contributed by atoms with van der Waals surface area (Å²) in [6.45, 7) is 1.96. The molecule has 0 amide bonds. The zero-order chi connectivity index (χ0) is 13.1. The summed E-state index contributed by atoms with van der Waals surface area (Å²) in [6, 6.07) is 7.49. The first-order chi connectivity index (χ1) is 8.60. The minimum absolute atomic E-state index is 0.592. The van der Waals surface area contributed by atoms with E-state index in [1.807, 2.05) is 25.1 Å². The van der Waals surface area contributed by atoms with Crippen LogP contribution in [-0.2, 0) is 0 Å². The Kier molecular flexibility index (Phi) is 4.06. The maximum absolute atomic E-state index is 6.11. The largest absolute Gasteiger partial charge is 0.354 e. The van der Waals surface area contributed by atoms with Crippen LogP contribution < -0.4 is 16.6 Å². The summed E-state index contributed by atoms with van der Waals surface area (Å²) >= 11 is 9.60. The normalized spacial score (nSPS) is 10.2. The Balaban J connectivity index is 2.30. The molecule has 1 heterocycles. The summed E-state index contributed by atoms with van der Waals surface area (Å²) in [6.07, 6.45) is 1.67. The molecule has 2 rings (SSSR count). The summed E-state index contributed by atoms with van der Waals surface area (Å²) in [5, 5.41) is 3.96. The van der Waals surface area contributed by atoms with Crippen LogP contribution in [0.4, 0.5) is 17.2 Å². The number of pyridine rings is 1. The lowest BCUT2D eigenvalue weighted by molar-refractivity contribution is 1.23. The van der Waals surface area contributed by atoms with Crippen LogP contribution in [0.5, 0.6) is 0 Å². The Bertz CT molecular complexity index is 574. The summed E-state index contributed by atoms with van der Waals surface area (Å²) < 4.78 is 0.948. The van der Waals surface area contributed by atoms with Gasteiger partial charge in [-0.1, -0.05) is 11.6 Å². The van der Waals surface area contributed by atoms with Gasteiger partial charge in [-0.3, -0.25) is 0 Å². The lowest BCUT2D eigenvalue weighted by atomic mass is 10.2. The van der Waals surface area contributed by atoms with E-state index in [0.29, 0.717) is 10.8 Å². The van der Waals surface area contributed by atoms with E-state index in [0.717, 1.165) is 21.4 Å². The predicted molar refractivity (Wildman–Crippen MR) is 79.2 cm³/mol. The van der Waals surface area contributed by atoms with E-state index in [4.69, 9.17) is 17.4 Å². The molecule has 1 aromatic heterocycles. The summed E-state index contributed by atoms with van der Waals surface area (Å²) in [5.74, 6) is 5.91. The number of hydrogen-bond acceptors (Lipinski definition) is 4. The van der Waals surface area contributed by atoms with Crippen LogP contribution in [0.25, 0.3) is 0 Å². The fraction of sp³-hybridized carbons (Fsp3) is 0.0833. The van der Waals surface area contributed by atoms with E-state index in [-0.39, 0.29) is 0 Å². The van der Waals surface area contributed by atoms with E-state index in [9.17, 15) is 0 Å². The van der Waals surface area contributed by atoms with Crippen molar-refractivity contribution in [3.63, 3.8) is 0 Å². The molecule has 0 fully saturated rings. The summed E-state index contributed by atoms with van der Waals surface area (Å²) in [7, 11) is 0. The molecule has 2 aromatic rings. The van der Waals surface area contributed by atoms with Crippen molar-refractivity contribution >= 4 is 44.7 Å². The number of nitrogens with two attached hydrogens (primary N) is 1. The molecule has 0 spiro atoms. The first-order valence-corrected chi connectivity index (χ1v) is 6.42. The Hall–Kier alpha value is -1.30. The van der Waals surface area contributed by atoms with Gasteiger partial charge in [0.05, 0.1) is 5.69 Å². The molecule has 0 aliphatic rings. The monoisotopic (exact) mass is 326 g/mol. The van der Waals surface area contributed by atoms with Gasteiger partial charge >= 0.3 is 0 Å². The van der Waals surface area contributed by atoms with Crippen LogP contribution >= 0.6 is 27.5 Å². The molecular weight excluding hydrogens is 316 g/mol. The van der Waals surface area contributed by atoms with E-state index < -0.39 is 0 Å². The molecule has 18 heavy (non-hydrogen) atoms. The minimum atomic E-state index is 0.592. The molecular formula is C12H12BrClN4. The quantitative estimate of drug-likeness (QED) is 0.592. The number of aromatic nitrogens is 1. The zero-order valence-corrected chi connectivity index (χ0v) is 12.0. The van der Waals surface area contributed by atoms with Crippen LogP contribution in [0.15, 0.2) is 34.9 Å². The van der Waals surface area contributed by atoms with Crippen molar-refractivity contribution < 1.29 is 0 Å². The van der Waals surface area contributed by atoms with Crippen molar-refractivity contribution in [3.05, 3.63) is 45.5 Å². The molecule has 4 nitrogen and oxygen atoms in total. The highest BCUT2D eigenvalue weighted by atomic mass is 79.9. The molecule has 0 bridgehead atoms. The Morgan fingerprint density at radius 2 is 2.11 bits per heavy atom. The smallest absolute Gasteiger partial charge is 0.141 e. The fourth-order valence-corrected chi connectivity index (χ4v) is 2.21. The lowest BCUT2D eigenvalue weighted by Gasteiger charge is -2.11. The Labute approximate surface area is 119 Å². The lowest BCUT2D eigenvalue weighted by Crippen LogP contribution is -2.08. The minimum Gasteiger partial charge on any atom is -0.354 e. The third-order valence-electron chi connectivity index (χ3n) is 2.44. The molecule has 0 radical (unpaired) electrons. The second-order valence-electron chi connectivity index (χ2n) is 3.78. The maximum atomic E-state index is 6.11. The third-order valence-corrected chi connectivity index (χ3v) is 3.50. The van der Waals surface area contributed by atoms with Crippen LogP contribution in [-0.4, -0.2) is 4.98 Å². The first kappa shape index (κ1) is 13.1. The molecule has 0 aliphatic heterocycles. The standard InChI is InChI=1S/C12H12BrClN4/c1-7-4-9(13)11(6-10(7)14)17-8-2-3-16-12(5-8)18-15/h2-6H,15H2,1H3,(H2,16,17,18). The van der Waals surface area contributed by atoms with Crippen molar-refractivity contribution in [3.8, 4) is 0 Å². The molecule has 0 atom stereocenters. The second-order valence-corrected chi connectivity index (χ2v) is 5.04. The molecule has 94 valence electrons. The van der Waals surface area contributed by atoms with Gasteiger partial charge in [-0.05, 0) is 46.6 Å². The van der Waals surface area contributed by atoms with Crippen molar-refractivity contribution in [2.45, 2.75) is 6.92 Å². The second kappa shape index (κ2) is 5.56. The number of nitrogens with one attached hydrogen (secondary N) is 2. The predicted octanol–water partition coefficient (Wildman–Crippen LogP) is 3.84. The number of nitrogen functional groups attached to an aromatic ring is 1. The SMILES string of the molecule is Cc1cc(Br)c(Nc2ccnc(NN)c2)cc1Cl. The number of aryl methyl sites for hydroxylation is 1. The van der Waals surface area contributed by atoms with Crippen LogP contribution in [0.2, 0.25) is 5.02 Å². The molecule has 6 heteroatoms. The van der Waals surface area contributed by atoms with Crippen molar-refractivity contribution in [1.82, 2.24) is 4.98 Å². The van der Waals surface area contributed by atoms with Crippen LogP contribution in [0, 0.1) is 6.92 Å². The first-order valence-electron chi connectivity index (χ1n) is 5.25. The van der Waals surface area contributed by atoms with E-state index >= 15 is 0 Å². The van der Waals surface area contributed by atoms with E-state index in [1.54, 1.807) is 12.3 Å². The van der Waals surface area contributed by atoms with E-state index in [2.05, 4.69) is 31.7 Å². The number of hydrogen-bond donors (Lipinski definition) is 3. The average Bonchev–Trinajstić information content (AvgIpc) is 2.36. The van der Waals surface area contributed by atoms with Crippen molar-refractivity contribution in [2.24, 2.45) is 5.84 Å². The Morgan fingerprint density at radius 3 is 2.83 bits per heavy atom. The fourth-order valence-electron chi connectivity index (χ4n) is 1.48. The molecule has 0 aliphatic carbocycles. The number of hydrazine groups is 1. The van der Waals surface area contributed by atoms with Gasteiger partial charge in [-0.2, -0.15) is 0 Å². The number of halogens is 2. The van der Waals surface area contributed by atoms with Crippen LogP contribution in [0.3, 0.4) is 0 Å². The van der Waals surface area contributed by atoms with E-state index in [1.165, 1.54) is 0 Å². The van der Waals surface area contributed by atoms with Gasteiger partial charge in [0.15, 0.2) is 0 Å². The molecule has 0 unspecified atom stereocenters. The van der Waals surface area contributed by atoms with Gasteiger partial charge in [0.2, 0.25) is 0 Å². The van der Waals surface area contributed by atoms with Gasteiger partial charge < -0.3 is 10.7 Å². The number of anilines is 3.